The van der Waals surface area contributed by atoms with Crippen LogP contribution >= 0.6 is 0 Å². The lowest BCUT2D eigenvalue weighted by atomic mass is 10.2. The number of nitrogens with one attached hydrogen (secondary N) is 1. The molecule has 0 unspecified atom stereocenters. The summed E-state index contributed by atoms with van der Waals surface area (Å²) in [5.41, 5.74) is 0.796. The van der Waals surface area contributed by atoms with E-state index in [4.69, 9.17) is 14.2 Å². The van der Waals surface area contributed by atoms with Crippen molar-refractivity contribution in [3.63, 3.8) is 0 Å². The quantitative estimate of drug-likeness (QED) is 0.441. The third-order valence-electron chi connectivity index (χ3n) is 4.59. The van der Waals surface area contributed by atoms with Gasteiger partial charge < -0.3 is 24.4 Å². The number of carbonyl (C=O) groups is 4. The van der Waals surface area contributed by atoms with Crippen LogP contribution in [-0.4, -0.2) is 74.1 Å². The number of nitrogens with zero attached hydrogens (tertiary/aromatic N) is 2. The van der Waals surface area contributed by atoms with Gasteiger partial charge in [0.2, 0.25) is 5.91 Å². The molecule has 0 spiro atoms. The van der Waals surface area contributed by atoms with Crippen LogP contribution in [0, 0.1) is 0 Å². The van der Waals surface area contributed by atoms with Gasteiger partial charge in [-0.05, 0) is 31.0 Å². The summed E-state index contributed by atoms with van der Waals surface area (Å²) in [5, 5.41) is 2.69. The van der Waals surface area contributed by atoms with E-state index in [-0.39, 0.29) is 44.4 Å². The molecule has 30 heavy (non-hydrogen) atoms. The van der Waals surface area contributed by atoms with E-state index in [1.165, 1.54) is 33.1 Å². The zero-order chi connectivity index (χ0) is 22.3. The van der Waals surface area contributed by atoms with E-state index < -0.39 is 18.0 Å². The minimum atomic E-state index is -0.973. The fourth-order valence-electron chi connectivity index (χ4n) is 2.90. The first-order valence-corrected chi connectivity index (χ1v) is 9.50. The fourth-order valence-corrected chi connectivity index (χ4v) is 2.90. The third-order valence-corrected chi connectivity index (χ3v) is 4.59. The molecule has 2 rings (SSSR count). The Balaban J connectivity index is 1.74. The van der Waals surface area contributed by atoms with Gasteiger partial charge >= 0.3 is 12.0 Å². The summed E-state index contributed by atoms with van der Waals surface area (Å²) in [7, 11) is 4.60. The summed E-state index contributed by atoms with van der Waals surface area (Å²) in [6, 6.07) is 4.89. The number of methoxy groups -OCH3 is 2. The molecule has 1 aromatic carbocycles. The van der Waals surface area contributed by atoms with E-state index >= 15 is 0 Å². The topological polar surface area (TPSA) is 114 Å². The van der Waals surface area contributed by atoms with Crippen molar-refractivity contribution in [3.8, 4) is 11.5 Å². The minimum Gasteiger partial charge on any atom is -0.493 e. The molecule has 1 fully saturated rings. The van der Waals surface area contributed by atoms with Crippen molar-refractivity contribution < 1.29 is 33.4 Å². The van der Waals surface area contributed by atoms with Gasteiger partial charge in [0.1, 0.15) is 6.54 Å². The van der Waals surface area contributed by atoms with Crippen molar-refractivity contribution >= 4 is 23.8 Å². The van der Waals surface area contributed by atoms with E-state index in [1.807, 2.05) is 0 Å². The van der Waals surface area contributed by atoms with Gasteiger partial charge in [-0.1, -0.05) is 6.07 Å². The summed E-state index contributed by atoms with van der Waals surface area (Å²) < 4.78 is 15.5. The smallest absolute Gasteiger partial charge is 0.326 e. The number of rotatable bonds is 10. The van der Waals surface area contributed by atoms with Crippen molar-refractivity contribution in [1.82, 2.24) is 15.1 Å². The number of hydrogen-bond donors (Lipinski definition) is 1. The SMILES string of the molecule is COc1ccc(CNC(=O)[C@@H](C)OC(=O)CCCN2C(=O)CN(C)C2=O)cc1OC. The molecule has 1 aliphatic rings. The monoisotopic (exact) mass is 421 g/mol. The molecule has 1 aromatic rings. The maximum Gasteiger partial charge on any atom is 0.326 e. The molecule has 0 saturated carbocycles. The predicted molar refractivity (Wildman–Crippen MR) is 106 cm³/mol. The van der Waals surface area contributed by atoms with Gasteiger partial charge in [-0.25, -0.2) is 4.79 Å². The summed E-state index contributed by atoms with van der Waals surface area (Å²) in [6.45, 7) is 1.88. The van der Waals surface area contributed by atoms with Gasteiger partial charge in [-0.3, -0.25) is 19.3 Å². The number of esters is 1. The van der Waals surface area contributed by atoms with Crippen molar-refractivity contribution in [3.05, 3.63) is 23.8 Å². The number of hydrogen-bond acceptors (Lipinski definition) is 7. The zero-order valence-corrected chi connectivity index (χ0v) is 17.6. The number of imide groups is 1. The highest BCUT2D eigenvalue weighted by molar-refractivity contribution is 6.01. The van der Waals surface area contributed by atoms with E-state index in [0.717, 1.165) is 10.5 Å². The van der Waals surface area contributed by atoms with Gasteiger partial charge in [0.05, 0.1) is 14.2 Å². The summed E-state index contributed by atoms with van der Waals surface area (Å²) in [4.78, 5) is 50.0. The first kappa shape index (κ1) is 23.0. The molecule has 164 valence electrons. The molecule has 4 amide bonds. The summed E-state index contributed by atoms with van der Waals surface area (Å²) in [5.74, 6) is -0.177. The largest absolute Gasteiger partial charge is 0.493 e. The first-order chi connectivity index (χ1) is 14.3. The Hall–Kier alpha value is -3.30. The van der Waals surface area contributed by atoms with Gasteiger partial charge in [0.25, 0.3) is 5.91 Å². The van der Waals surface area contributed by atoms with Crippen LogP contribution in [0.15, 0.2) is 18.2 Å². The number of ether oxygens (including phenoxy) is 3. The lowest BCUT2D eigenvalue weighted by molar-refractivity contribution is -0.155. The minimum absolute atomic E-state index is 0.00588. The molecule has 10 nitrogen and oxygen atoms in total. The second kappa shape index (κ2) is 10.5. The maximum atomic E-state index is 12.2. The lowest BCUT2D eigenvalue weighted by Crippen LogP contribution is -2.36. The Labute approximate surface area is 175 Å². The maximum absolute atomic E-state index is 12.2. The number of amides is 4. The number of likely N-dealkylation sites (N-methyl/N-ethyl adjacent to an activating group) is 1. The molecule has 1 atom stereocenters. The number of urea groups is 1. The van der Waals surface area contributed by atoms with Gasteiger partial charge in [0, 0.05) is 26.6 Å². The van der Waals surface area contributed by atoms with Crippen LogP contribution in [0.2, 0.25) is 0 Å². The van der Waals surface area contributed by atoms with Crippen LogP contribution in [0.4, 0.5) is 4.79 Å². The highest BCUT2D eigenvalue weighted by Gasteiger charge is 2.33. The Morgan fingerprint density at radius 3 is 2.47 bits per heavy atom. The van der Waals surface area contributed by atoms with Crippen molar-refractivity contribution in [2.45, 2.75) is 32.4 Å². The Morgan fingerprint density at radius 2 is 1.87 bits per heavy atom. The normalized spacial score (nSPS) is 14.5. The first-order valence-electron chi connectivity index (χ1n) is 9.50. The molecule has 0 aliphatic carbocycles. The van der Waals surface area contributed by atoms with E-state index in [9.17, 15) is 19.2 Å². The highest BCUT2D eigenvalue weighted by atomic mass is 16.5. The van der Waals surface area contributed by atoms with E-state index in [1.54, 1.807) is 18.2 Å². The van der Waals surface area contributed by atoms with Crippen LogP contribution < -0.4 is 14.8 Å². The zero-order valence-electron chi connectivity index (χ0n) is 17.6. The Morgan fingerprint density at radius 1 is 1.17 bits per heavy atom. The third kappa shape index (κ3) is 5.85. The molecule has 10 heteroatoms. The van der Waals surface area contributed by atoms with E-state index in [0.29, 0.717) is 11.5 Å². The molecule has 1 aliphatic heterocycles. The van der Waals surface area contributed by atoms with E-state index in [2.05, 4.69) is 5.32 Å². The van der Waals surface area contributed by atoms with Crippen molar-refractivity contribution in [2.75, 3.05) is 34.4 Å². The van der Waals surface area contributed by atoms with Crippen molar-refractivity contribution in [1.29, 1.82) is 0 Å². The Bertz CT molecular complexity index is 812. The van der Waals surface area contributed by atoms with Crippen LogP contribution in [0.25, 0.3) is 0 Å². The fraction of sp³-hybridized carbons (Fsp3) is 0.500. The molecule has 1 N–H and O–H groups in total. The summed E-state index contributed by atoms with van der Waals surface area (Å²) in [6.07, 6.45) is -0.711. The van der Waals surface area contributed by atoms with Gasteiger partial charge in [-0.2, -0.15) is 0 Å². The van der Waals surface area contributed by atoms with Crippen LogP contribution in [0.3, 0.4) is 0 Å². The highest BCUT2D eigenvalue weighted by Crippen LogP contribution is 2.27. The average Bonchev–Trinajstić information content (AvgIpc) is 2.97. The molecular formula is C20H27N3O7. The molecule has 1 heterocycles. The van der Waals surface area contributed by atoms with Crippen LogP contribution in [-0.2, 0) is 25.7 Å². The van der Waals surface area contributed by atoms with Gasteiger partial charge in [0.15, 0.2) is 17.6 Å². The molecule has 0 aromatic heterocycles. The molecule has 1 saturated heterocycles. The average molecular weight is 421 g/mol. The summed E-state index contributed by atoms with van der Waals surface area (Å²) >= 11 is 0. The lowest BCUT2D eigenvalue weighted by Gasteiger charge is -2.16. The number of benzene rings is 1. The predicted octanol–water partition coefficient (Wildman–Crippen LogP) is 0.926. The Kier molecular flexibility index (Phi) is 8.02. The van der Waals surface area contributed by atoms with Crippen molar-refractivity contribution in [2.24, 2.45) is 0 Å². The van der Waals surface area contributed by atoms with Crippen LogP contribution in [0.5, 0.6) is 11.5 Å². The number of carbonyl (C=O) groups excluding carboxylic acids is 4. The van der Waals surface area contributed by atoms with Crippen LogP contribution in [0.1, 0.15) is 25.3 Å². The molecule has 0 radical (unpaired) electrons. The molecule has 0 bridgehead atoms. The standard InChI is InChI=1S/C20H27N3O7/c1-13(19(26)21-11-14-7-8-15(28-3)16(10-14)29-4)30-18(25)6-5-9-23-17(24)12-22(2)20(23)27/h7-8,10,13H,5-6,9,11-12H2,1-4H3,(H,21,26)/t13-/m1/s1. The molecular weight excluding hydrogens is 394 g/mol. The second-order valence-electron chi connectivity index (χ2n) is 6.83. The van der Waals surface area contributed by atoms with Gasteiger partial charge in [-0.15, -0.1) is 0 Å². The second-order valence-corrected chi connectivity index (χ2v) is 6.83.